The minimum atomic E-state index is -4.49. The Morgan fingerprint density at radius 1 is 1.27 bits per heavy atom. The highest BCUT2D eigenvalue weighted by Gasteiger charge is 2.30. The van der Waals surface area contributed by atoms with E-state index in [-0.39, 0.29) is 11.3 Å². The summed E-state index contributed by atoms with van der Waals surface area (Å²) >= 11 is 0. The molecule has 0 saturated carbocycles. The maximum atomic E-state index is 12.8. The zero-order chi connectivity index (χ0) is 22.3. The zero-order valence-electron chi connectivity index (χ0n) is 16.8. The molecule has 0 spiro atoms. The van der Waals surface area contributed by atoms with Gasteiger partial charge in [0.15, 0.2) is 0 Å². The largest absolute Gasteiger partial charge is 0.494 e. The molecule has 0 aliphatic heterocycles. The van der Waals surface area contributed by atoms with Gasteiger partial charge in [0.25, 0.3) is 5.91 Å². The molecule has 8 heteroatoms. The summed E-state index contributed by atoms with van der Waals surface area (Å²) in [6, 6.07) is 11.4. The van der Waals surface area contributed by atoms with Gasteiger partial charge in [-0.25, -0.2) is 0 Å². The molecule has 2 N–H and O–H groups in total. The standard InChI is InChI=1S/C22H22F3N3O2/c1-4-30-20-9-8-14(2)10-19(20)15(3)28-21(29)16(12-26)13-27-18-7-5-6-17(11-18)22(23,24)25/h5-11,13,15,27H,4H2,1-3H3,(H,28,29)/b16-13-. The van der Waals surface area contributed by atoms with E-state index in [4.69, 9.17) is 4.74 Å². The first kappa shape index (κ1) is 22.8. The fraction of sp³-hybridized carbons (Fsp3) is 0.273. The summed E-state index contributed by atoms with van der Waals surface area (Å²) in [4.78, 5) is 12.5. The molecule has 1 amide bonds. The Morgan fingerprint density at radius 2 is 2.00 bits per heavy atom. The molecule has 5 nitrogen and oxygen atoms in total. The van der Waals surface area contributed by atoms with Crippen molar-refractivity contribution in [1.29, 1.82) is 5.26 Å². The number of nitrogens with one attached hydrogen (secondary N) is 2. The quantitative estimate of drug-likeness (QED) is 0.485. The van der Waals surface area contributed by atoms with E-state index >= 15 is 0 Å². The molecule has 0 radical (unpaired) electrons. The number of ether oxygens (including phenoxy) is 1. The highest BCUT2D eigenvalue weighted by atomic mass is 19.4. The van der Waals surface area contributed by atoms with Gasteiger partial charge in [0.2, 0.25) is 0 Å². The number of alkyl halides is 3. The van der Waals surface area contributed by atoms with Crippen LogP contribution in [0, 0.1) is 18.3 Å². The second kappa shape index (κ2) is 9.83. The van der Waals surface area contributed by atoms with Gasteiger partial charge in [0.05, 0.1) is 18.2 Å². The van der Waals surface area contributed by atoms with Gasteiger partial charge in [-0.15, -0.1) is 0 Å². The molecule has 0 aliphatic rings. The molecule has 0 heterocycles. The number of nitriles is 1. The molecular formula is C22H22F3N3O2. The van der Waals surface area contributed by atoms with Crippen molar-refractivity contribution in [3.63, 3.8) is 0 Å². The molecule has 1 unspecified atom stereocenters. The Kier molecular flexibility index (Phi) is 7.48. The van der Waals surface area contributed by atoms with Crippen LogP contribution in [0.3, 0.4) is 0 Å². The topological polar surface area (TPSA) is 74.1 Å². The van der Waals surface area contributed by atoms with Gasteiger partial charge in [0.1, 0.15) is 17.4 Å². The van der Waals surface area contributed by atoms with Gasteiger partial charge in [-0.3, -0.25) is 4.79 Å². The maximum Gasteiger partial charge on any atom is 0.416 e. The Balaban J connectivity index is 2.15. The van der Waals surface area contributed by atoms with E-state index in [2.05, 4.69) is 10.6 Å². The minimum absolute atomic E-state index is 0.107. The third-order valence-corrected chi connectivity index (χ3v) is 4.22. The third-order valence-electron chi connectivity index (χ3n) is 4.22. The van der Waals surface area contributed by atoms with Gasteiger partial charge < -0.3 is 15.4 Å². The van der Waals surface area contributed by atoms with Crippen LogP contribution >= 0.6 is 0 Å². The van der Waals surface area contributed by atoms with Crippen LogP contribution < -0.4 is 15.4 Å². The van der Waals surface area contributed by atoms with E-state index in [1.54, 1.807) is 13.0 Å². The average Bonchev–Trinajstić information content (AvgIpc) is 2.69. The molecule has 0 aliphatic carbocycles. The average molecular weight is 417 g/mol. The van der Waals surface area contributed by atoms with Crippen molar-refractivity contribution in [1.82, 2.24) is 5.32 Å². The van der Waals surface area contributed by atoms with Crippen LogP contribution in [0.4, 0.5) is 18.9 Å². The predicted octanol–water partition coefficient (Wildman–Crippen LogP) is 5.11. The first-order valence-electron chi connectivity index (χ1n) is 9.24. The van der Waals surface area contributed by atoms with E-state index in [1.807, 2.05) is 32.0 Å². The number of hydrogen-bond donors (Lipinski definition) is 2. The minimum Gasteiger partial charge on any atom is -0.494 e. The molecule has 2 rings (SSSR count). The van der Waals surface area contributed by atoms with Crippen LogP contribution in [0.15, 0.2) is 54.2 Å². The van der Waals surface area contributed by atoms with Crippen molar-refractivity contribution in [2.24, 2.45) is 0 Å². The van der Waals surface area contributed by atoms with Crippen molar-refractivity contribution in [2.45, 2.75) is 33.0 Å². The second-order valence-electron chi connectivity index (χ2n) is 6.56. The number of amides is 1. The third kappa shape index (κ3) is 6.01. The lowest BCUT2D eigenvalue weighted by molar-refractivity contribution is -0.137. The van der Waals surface area contributed by atoms with Crippen LogP contribution in [0.25, 0.3) is 0 Å². The highest BCUT2D eigenvalue weighted by molar-refractivity contribution is 5.97. The fourth-order valence-electron chi connectivity index (χ4n) is 2.73. The number of rotatable bonds is 7. The summed E-state index contributed by atoms with van der Waals surface area (Å²) in [5, 5.41) is 14.6. The van der Waals surface area contributed by atoms with Crippen molar-refractivity contribution in [3.8, 4) is 11.8 Å². The lowest BCUT2D eigenvalue weighted by atomic mass is 10.0. The van der Waals surface area contributed by atoms with Crippen LogP contribution in [0.1, 0.15) is 36.6 Å². The number of anilines is 1. The molecule has 158 valence electrons. The summed E-state index contributed by atoms with van der Waals surface area (Å²) in [7, 11) is 0. The molecule has 30 heavy (non-hydrogen) atoms. The van der Waals surface area contributed by atoms with Crippen LogP contribution in [0.2, 0.25) is 0 Å². The monoisotopic (exact) mass is 417 g/mol. The van der Waals surface area contributed by atoms with Crippen LogP contribution in [0.5, 0.6) is 5.75 Å². The van der Waals surface area contributed by atoms with Gasteiger partial charge in [0, 0.05) is 17.5 Å². The number of hydrogen-bond acceptors (Lipinski definition) is 4. The maximum absolute atomic E-state index is 12.8. The van der Waals surface area contributed by atoms with Crippen molar-refractivity contribution in [3.05, 3.63) is 70.9 Å². The first-order chi connectivity index (χ1) is 14.2. The van der Waals surface area contributed by atoms with Crippen molar-refractivity contribution in [2.75, 3.05) is 11.9 Å². The molecule has 2 aromatic rings. The van der Waals surface area contributed by atoms with E-state index in [0.29, 0.717) is 12.4 Å². The number of halogens is 3. The van der Waals surface area contributed by atoms with Gasteiger partial charge in [-0.05, 0) is 45.0 Å². The van der Waals surface area contributed by atoms with E-state index in [9.17, 15) is 23.2 Å². The number of benzene rings is 2. The highest BCUT2D eigenvalue weighted by Crippen LogP contribution is 2.31. The number of carbonyl (C=O) groups is 1. The van der Waals surface area contributed by atoms with Gasteiger partial charge >= 0.3 is 6.18 Å². The summed E-state index contributed by atoms with van der Waals surface area (Å²) in [6.45, 7) is 5.97. The van der Waals surface area contributed by atoms with Crippen molar-refractivity contribution >= 4 is 11.6 Å². The number of nitrogens with zero attached hydrogens (tertiary/aromatic N) is 1. The Morgan fingerprint density at radius 3 is 2.63 bits per heavy atom. The number of aryl methyl sites for hydroxylation is 1. The summed E-state index contributed by atoms with van der Waals surface area (Å²) in [6.07, 6.45) is -3.41. The smallest absolute Gasteiger partial charge is 0.416 e. The second-order valence-corrected chi connectivity index (χ2v) is 6.56. The number of carbonyl (C=O) groups excluding carboxylic acids is 1. The normalized spacial score (nSPS) is 12.6. The lowest BCUT2D eigenvalue weighted by Gasteiger charge is -2.18. The zero-order valence-corrected chi connectivity index (χ0v) is 16.8. The fourth-order valence-corrected chi connectivity index (χ4v) is 2.73. The predicted molar refractivity (Wildman–Crippen MR) is 108 cm³/mol. The first-order valence-corrected chi connectivity index (χ1v) is 9.24. The molecular weight excluding hydrogens is 395 g/mol. The molecule has 1 atom stereocenters. The van der Waals surface area contributed by atoms with E-state index in [0.717, 1.165) is 29.5 Å². The van der Waals surface area contributed by atoms with Crippen molar-refractivity contribution < 1.29 is 22.7 Å². The summed E-state index contributed by atoms with van der Waals surface area (Å²) in [5.41, 5.74) is 0.742. The summed E-state index contributed by atoms with van der Waals surface area (Å²) in [5.74, 6) is -0.0334. The van der Waals surface area contributed by atoms with Crippen LogP contribution in [-0.2, 0) is 11.0 Å². The Labute approximate surface area is 173 Å². The molecule has 0 bridgehead atoms. The Bertz CT molecular complexity index is 978. The van der Waals surface area contributed by atoms with Gasteiger partial charge in [-0.1, -0.05) is 23.8 Å². The van der Waals surface area contributed by atoms with Gasteiger partial charge in [-0.2, -0.15) is 18.4 Å². The van der Waals surface area contributed by atoms with E-state index in [1.165, 1.54) is 12.1 Å². The molecule has 2 aromatic carbocycles. The molecule has 0 aromatic heterocycles. The van der Waals surface area contributed by atoms with E-state index < -0.39 is 23.7 Å². The summed E-state index contributed by atoms with van der Waals surface area (Å²) < 4.78 is 44.0. The SMILES string of the molecule is CCOc1ccc(C)cc1C(C)NC(=O)/C(C#N)=C\Nc1cccc(C(F)(F)F)c1. The van der Waals surface area contributed by atoms with Crippen LogP contribution in [-0.4, -0.2) is 12.5 Å². The lowest BCUT2D eigenvalue weighted by Crippen LogP contribution is -2.28. The molecule has 0 saturated heterocycles. The molecule has 0 fully saturated rings. The Hall–Kier alpha value is -3.47.